The molecule has 1 aromatic rings. The van der Waals surface area contributed by atoms with Crippen molar-refractivity contribution < 1.29 is 8.42 Å². The van der Waals surface area contributed by atoms with Crippen LogP contribution in [-0.4, -0.2) is 21.5 Å². The predicted octanol–water partition coefficient (Wildman–Crippen LogP) is 2.35. The fraction of sp³-hybridized carbons (Fsp3) is 0.600. The summed E-state index contributed by atoms with van der Waals surface area (Å²) in [6, 6.07) is 3.69. The van der Waals surface area contributed by atoms with Gasteiger partial charge in [0.25, 0.3) is 0 Å². The topological polar surface area (TPSA) is 58.2 Å². The zero-order chi connectivity index (χ0) is 15.5. The van der Waals surface area contributed by atoms with E-state index in [0.29, 0.717) is 11.4 Å². The monoisotopic (exact) mass is 298 g/mol. The summed E-state index contributed by atoms with van der Waals surface area (Å²) in [4.78, 5) is 0.384. The van der Waals surface area contributed by atoms with Gasteiger partial charge in [0.1, 0.15) is 0 Å². The van der Waals surface area contributed by atoms with Crippen molar-refractivity contribution in [3.8, 4) is 0 Å². The molecule has 5 heteroatoms. The number of rotatable bonds is 6. The second kappa shape index (κ2) is 6.70. The van der Waals surface area contributed by atoms with E-state index in [0.717, 1.165) is 16.7 Å². The average molecular weight is 298 g/mol. The van der Waals surface area contributed by atoms with Crippen LogP contribution in [-0.2, 0) is 16.6 Å². The van der Waals surface area contributed by atoms with Gasteiger partial charge in [-0.25, -0.2) is 13.1 Å². The molecule has 1 unspecified atom stereocenters. The van der Waals surface area contributed by atoms with Gasteiger partial charge in [0, 0.05) is 12.6 Å². The van der Waals surface area contributed by atoms with Gasteiger partial charge in [0.15, 0.2) is 0 Å². The minimum absolute atomic E-state index is 0.0901. The summed E-state index contributed by atoms with van der Waals surface area (Å²) in [6.45, 7) is 10.4. The van der Waals surface area contributed by atoms with Gasteiger partial charge in [0.05, 0.1) is 4.90 Å². The van der Waals surface area contributed by atoms with E-state index in [4.69, 9.17) is 0 Å². The van der Waals surface area contributed by atoms with Gasteiger partial charge in [0.2, 0.25) is 10.0 Å². The number of benzene rings is 1. The van der Waals surface area contributed by atoms with Gasteiger partial charge < -0.3 is 5.32 Å². The van der Waals surface area contributed by atoms with Crippen molar-refractivity contribution in [3.05, 3.63) is 28.8 Å². The molecule has 0 heterocycles. The first-order chi connectivity index (χ1) is 9.19. The molecule has 0 amide bonds. The van der Waals surface area contributed by atoms with E-state index in [1.54, 1.807) is 6.07 Å². The van der Waals surface area contributed by atoms with Gasteiger partial charge in [-0.15, -0.1) is 0 Å². The lowest BCUT2D eigenvalue weighted by molar-refractivity contribution is 0.476. The molecule has 0 saturated heterocycles. The summed E-state index contributed by atoms with van der Waals surface area (Å²) in [7, 11) is -1.63. The van der Waals surface area contributed by atoms with Crippen molar-refractivity contribution in [2.75, 3.05) is 7.05 Å². The Hall–Kier alpha value is -0.910. The van der Waals surface area contributed by atoms with Gasteiger partial charge in [-0.05, 0) is 56.5 Å². The smallest absolute Gasteiger partial charge is 0.241 e. The number of nitrogens with one attached hydrogen (secondary N) is 2. The largest absolute Gasteiger partial charge is 0.316 e. The van der Waals surface area contributed by atoms with Crippen molar-refractivity contribution in [1.82, 2.24) is 10.0 Å². The van der Waals surface area contributed by atoms with Crippen LogP contribution in [0, 0.1) is 19.8 Å². The number of aryl methyl sites for hydroxylation is 1. The maximum absolute atomic E-state index is 12.5. The average Bonchev–Trinajstić information content (AvgIpc) is 2.33. The quantitative estimate of drug-likeness (QED) is 0.847. The number of hydrogen-bond donors (Lipinski definition) is 2. The molecule has 4 nitrogen and oxygen atoms in total. The number of sulfonamides is 1. The van der Waals surface area contributed by atoms with Crippen molar-refractivity contribution in [1.29, 1.82) is 0 Å². The molecule has 0 aliphatic heterocycles. The maximum atomic E-state index is 12.5. The molecule has 0 radical (unpaired) electrons. The lowest BCUT2D eigenvalue weighted by Crippen LogP contribution is -2.36. The van der Waals surface area contributed by atoms with Gasteiger partial charge >= 0.3 is 0 Å². The van der Waals surface area contributed by atoms with E-state index in [9.17, 15) is 8.42 Å². The molecule has 1 aromatic carbocycles. The molecule has 0 spiro atoms. The Morgan fingerprint density at radius 3 is 2.25 bits per heavy atom. The zero-order valence-corrected chi connectivity index (χ0v) is 14.1. The standard InChI is InChI=1S/C15H26N2O2S/c1-10(2)13(5)17-20(18,19)15-8-14(9-16-6)7-11(3)12(15)4/h7-8,10,13,16-17H,9H2,1-6H3. The zero-order valence-electron chi connectivity index (χ0n) is 13.2. The SMILES string of the molecule is CNCc1cc(C)c(C)c(S(=O)(=O)NC(C)C(C)C)c1. The lowest BCUT2D eigenvalue weighted by Gasteiger charge is -2.19. The minimum atomic E-state index is -3.48. The highest BCUT2D eigenvalue weighted by molar-refractivity contribution is 7.89. The summed E-state index contributed by atoms with van der Waals surface area (Å²) in [5.41, 5.74) is 2.79. The maximum Gasteiger partial charge on any atom is 0.241 e. The Labute approximate surface area is 123 Å². The second-order valence-electron chi connectivity index (χ2n) is 5.72. The first kappa shape index (κ1) is 17.1. The Kier molecular flexibility index (Phi) is 5.74. The van der Waals surface area contributed by atoms with E-state index in [2.05, 4.69) is 10.0 Å². The first-order valence-corrected chi connectivity index (χ1v) is 8.44. The van der Waals surface area contributed by atoms with Crippen LogP contribution in [0.1, 0.15) is 37.5 Å². The summed E-state index contributed by atoms with van der Waals surface area (Å²) >= 11 is 0. The molecule has 0 aliphatic carbocycles. The summed E-state index contributed by atoms with van der Waals surface area (Å²) in [5.74, 6) is 0.256. The van der Waals surface area contributed by atoms with Crippen LogP contribution in [0.25, 0.3) is 0 Å². The van der Waals surface area contributed by atoms with Crippen molar-refractivity contribution in [3.63, 3.8) is 0 Å². The molecular weight excluding hydrogens is 272 g/mol. The molecule has 0 aliphatic rings. The molecule has 0 saturated carbocycles. The molecule has 0 aromatic heterocycles. The molecule has 1 atom stereocenters. The third-order valence-corrected chi connectivity index (χ3v) is 5.38. The van der Waals surface area contributed by atoms with Crippen molar-refractivity contribution in [2.45, 2.75) is 52.1 Å². The van der Waals surface area contributed by atoms with Crippen LogP contribution in [0.2, 0.25) is 0 Å². The van der Waals surface area contributed by atoms with Crippen LogP contribution in [0.3, 0.4) is 0 Å². The predicted molar refractivity (Wildman–Crippen MR) is 83.3 cm³/mol. The Bertz CT molecular complexity index is 565. The minimum Gasteiger partial charge on any atom is -0.316 e. The van der Waals surface area contributed by atoms with E-state index >= 15 is 0 Å². The lowest BCUT2D eigenvalue weighted by atomic mass is 10.1. The summed E-state index contributed by atoms with van der Waals surface area (Å²) < 4.78 is 27.9. The van der Waals surface area contributed by atoms with Crippen LogP contribution in [0.15, 0.2) is 17.0 Å². The molecule has 2 N–H and O–H groups in total. The normalized spacial score (nSPS) is 13.8. The number of hydrogen-bond acceptors (Lipinski definition) is 3. The highest BCUT2D eigenvalue weighted by Crippen LogP contribution is 2.22. The van der Waals surface area contributed by atoms with E-state index < -0.39 is 10.0 Å². The molecular formula is C15H26N2O2S. The second-order valence-corrected chi connectivity index (χ2v) is 7.40. The Balaban J connectivity index is 3.23. The Morgan fingerprint density at radius 1 is 1.15 bits per heavy atom. The van der Waals surface area contributed by atoms with Crippen LogP contribution < -0.4 is 10.0 Å². The Morgan fingerprint density at radius 2 is 1.75 bits per heavy atom. The summed E-state index contributed by atoms with van der Waals surface area (Å²) in [5, 5.41) is 3.05. The molecule has 20 heavy (non-hydrogen) atoms. The highest BCUT2D eigenvalue weighted by atomic mass is 32.2. The third-order valence-electron chi connectivity index (χ3n) is 3.69. The first-order valence-electron chi connectivity index (χ1n) is 6.96. The highest BCUT2D eigenvalue weighted by Gasteiger charge is 2.22. The van der Waals surface area contributed by atoms with Gasteiger partial charge in [-0.1, -0.05) is 19.9 Å². The third kappa shape index (κ3) is 4.04. The fourth-order valence-electron chi connectivity index (χ4n) is 1.93. The molecule has 114 valence electrons. The fourth-order valence-corrected chi connectivity index (χ4v) is 3.69. The van der Waals surface area contributed by atoms with Gasteiger partial charge in [-0.2, -0.15) is 0 Å². The van der Waals surface area contributed by atoms with Crippen LogP contribution in [0.5, 0.6) is 0 Å². The van der Waals surface area contributed by atoms with Crippen molar-refractivity contribution >= 4 is 10.0 Å². The van der Waals surface area contributed by atoms with Crippen molar-refractivity contribution in [2.24, 2.45) is 5.92 Å². The van der Waals surface area contributed by atoms with E-state index in [-0.39, 0.29) is 12.0 Å². The summed E-state index contributed by atoms with van der Waals surface area (Å²) in [6.07, 6.45) is 0. The molecule has 1 rings (SSSR count). The molecule has 0 bridgehead atoms. The van der Waals surface area contributed by atoms with Crippen LogP contribution in [0.4, 0.5) is 0 Å². The molecule has 0 fully saturated rings. The van der Waals surface area contributed by atoms with E-state index in [1.807, 2.05) is 47.7 Å². The van der Waals surface area contributed by atoms with Gasteiger partial charge in [-0.3, -0.25) is 0 Å². The van der Waals surface area contributed by atoms with E-state index in [1.165, 1.54) is 0 Å². The van der Waals surface area contributed by atoms with Crippen LogP contribution >= 0.6 is 0 Å².